The number of halogens is 1. The average Bonchev–Trinajstić information content (AvgIpc) is 3.12. The Morgan fingerprint density at radius 3 is 2.38 bits per heavy atom. The molecule has 8 heteroatoms. The lowest BCUT2D eigenvalue weighted by Crippen LogP contribution is -2.29. The zero-order valence-electron chi connectivity index (χ0n) is 18.0. The minimum atomic E-state index is -0.454. The fourth-order valence-corrected chi connectivity index (χ4v) is 3.98. The second-order valence-corrected chi connectivity index (χ2v) is 7.84. The van der Waals surface area contributed by atoms with Crippen molar-refractivity contribution in [2.75, 3.05) is 5.32 Å². The van der Waals surface area contributed by atoms with Crippen molar-refractivity contribution in [1.29, 1.82) is 0 Å². The first-order valence-corrected chi connectivity index (χ1v) is 10.1. The van der Waals surface area contributed by atoms with E-state index in [-0.39, 0.29) is 18.0 Å². The zero-order valence-corrected chi connectivity index (χ0v) is 18.0. The van der Waals surface area contributed by atoms with Gasteiger partial charge < -0.3 is 15.0 Å². The number of fused-ring (bicyclic) bond motifs is 1. The molecule has 0 saturated carbocycles. The third-order valence-corrected chi connectivity index (χ3v) is 5.39. The van der Waals surface area contributed by atoms with Crippen LogP contribution in [0.1, 0.15) is 22.3 Å². The highest BCUT2D eigenvalue weighted by Gasteiger charge is 2.19. The van der Waals surface area contributed by atoms with Crippen LogP contribution in [0.25, 0.3) is 16.8 Å². The van der Waals surface area contributed by atoms with Gasteiger partial charge in [-0.3, -0.25) is 9.59 Å². The number of carbonyl (C=O) groups excluding carboxylic acids is 1. The lowest BCUT2D eigenvalue weighted by molar-refractivity contribution is -0.116. The summed E-state index contributed by atoms with van der Waals surface area (Å²) in [7, 11) is 0. The van der Waals surface area contributed by atoms with E-state index in [0.717, 1.165) is 22.4 Å². The normalized spacial score (nSPS) is 11.2. The van der Waals surface area contributed by atoms with Crippen molar-refractivity contribution in [2.45, 2.75) is 33.9 Å². The number of rotatable bonds is 5. The summed E-state index contributed by atoms with van der Waals surface area (Å²) in [5, 5.41) is 17.2. The number of carbonyl (C=O) groups is 1. The predicted octanol–water partition coefficient (Wildman–Crippen LogP) is 3.36. The first-order chi connectivity index (χ1) is 15.3. The number of amides is 1. The van der Waals surface area contributed by atoms with Gasteiger partial charge in [-0.25, -0.2) is 8.91 Å². The highest BCUT2D eigenvalue weighted by atomic mass is 19.1. The van der Waals surface area contributed by atoms with Gasteiger partial charge in [0.05, 0.1) is 12.3 Å². The number of anilines is 1. The molecule has 2 aromatic heterocycles. The minimum absolute atomic E-state index is 0.171. The molecule has 32 heavy (non-hydrogen) atoms. The number of benzene rings is 2. The molecular weight excluding hydrogens is 411 g/mol. The van der Waals surface area contributed by atoms with Crippen LogP contribution in [-0.4, -0.2) is 25.2 Å². The Balaban J connectivity index is 1.69. The molecular formula is C24H23FN4O3. The maximum absolute atomic E-state index is 13.3. The average molecular weight is 434 g/mol. The summed E-state index contributed by atoms with van der Waals surface area (Å²) in [6.45, 7) is 5.22. The second-order valence-electron chi connectivity index (χ2n) is 7.84. The molecule has 164 valence electrons. The number of aromatic nitrogens is 3. The van der Waals surface area contributed by atoms with E-state index in [2.05, 4.69) is 10.4 Å². The number of aliphatic hydroxyl groups is 1. The summed E-state index contributed by atoms with van der Waals surface area (Å²) in [6, 6.07) is 9.62. The van der Waals surface area contributed by atoms with Gasteiger partial charge >= 0.3 is 0 Å². The van der Waals surface area contributed by atoms with E-state index in [9.17, 15) is 19.1 Å². The van der Waals surface area contributed by atoms with Crippen molar-refractivity contribution < 1.29 is 14.3 Å². The minimum Gasteiger partial charge on any atom is -0.392 e. The van der Waals surface area contributed by atoms with Crippen molar-refractivity contribution in [1.82, 2.24) is 14.2 Å². The number of hydrogen-bond acceptors (Lipinski definition) is 4. The maximum atomic E-state index is 13.3. The van der Waals surface area contributed by atoms with Gasteiger partial charge in [0.25, 0.3) is 5.56 Å². The van der Waals surface area contributed by atoms with Crippen molar-refractivity contribution in [2.24, 2.45) is 0 Å². The van der Waals surface area contributed by atoms with Crippen molar-refractivity contribution >= 4 is 17.1 Å². The summed E-state index contributed by atoms with van der Waals surface area (Å²) in [6.07, 6.45) is 3.03. The predicted molar refractivity (Wildman–Crippen MR) is 120 cm³/mol. The van der Waals surface area contributed by atoms with Gasteiger partial charge in [-0.1, -0.05) is 17.7 Å². The first-order valence-electron chi connectivity index (χ1n) is 10.1. The van der Waals surface area contributed by atoms with E-state index in [0.29, 0.717) is 16.8 Å². The second kappa shape index (κ2) is 8.39. The highest BCUT2D eigenvalue weighted by molar-refractivity contribution is 5.92. The Morgan fingerprint density at radius 2 is 1.75 bits per heavy atom. The number of nitrogens with zero attached hydrogens (tertiary/aromatic N) is 3. The van der Waals surface area contributed by atoms with Crippen LogP contribution in [0.2, 0.25) is 0 Å². The third-order valence-electron chi connectivity index (χ3n) is 5.39. The molecule has 0 bridgehead atoms. The highest BCUT2D eigenvalue weighted by Crippen LogP contribution is 2.25. The smallest absolute Gasteiger partial charge is 0.277 e. The molecule has 0 spiro atoms. The number of hydrogen-bond donors (Lipinski definition) is 2. The molecule has 4 rings (SSSR count). The monoisotopic (exact) mass is 434 g/mol. The third kappa shape index (κ3) is 3.92. The van der Waals surface area contributed by atoms with Crippen molar-refractivity contribution in [3.63, 3.8) is 0 Å². The fourth-order valence-electron chi connectivity index (χ4n) is 3.98. The van der Waals surface area contributed by atoms with E-state index in [1.54, 1.807) is 6.20 Å². The van der Waals surface area contributed by atoms with Crippen LogP contribution >= 0.6 is 0 Å². The van der Waals surface area contributed by atoms with Gasteiger partial charge in [0.15, 0.2) is 0 Å². The zero-order chi connectivity index (χ0) is 23.0. The van der Waals surface area contributed by atoms with Crippen LogP contribution in [0.4, 0.5) is 10.1 Å². The molecule has 0 fully saturated rings. The summed E-state index contributed by atoms with van der Waals surface area (Å²) < 4.78 is 15.9. The Morgan fingerprint density at radius 1 is 1.09 bits per heavy atom. The van der Waals surface area contributed by atoms with E-state index in [1.165, 1.54) is 39.5 Å². The Bertz CT molecular complexity index is 1360. The van der Waals surface area contributed by atoms with E-state index in [1.807, 2.05) is 32.9 Å². The SMILES string of the molecule is Cc1cc(C)c(NC(=O)Cn2ccn3nc(-c4ccc(F)cc4)c(CO)c3c2=O)c(C)c1. The fraction of sp³-hybridized carbons (Fsp3) is 0.208. The van der Waals surface area contributed by atoms with Gasteiger partial charge in [-0.2, -0.15) is 5.10 Å². The van der Waals surface area contributed by atoms with E-state index in [4.69, 9.17) is 0 Å². The first kappa shape index (κ1) is 21.5. The lowest BCUT2D eigenvalue weighted by Gasteiger charge is -2.13. The molecule has 1 amide bonds. The summed E-state index contributed by atoms with van der Waals surface area (Å²) in [5.74, 6) is -0.731. The molecule has 0 aliphatic rings. The Hall–Kier alpha value is -3.78. The number of aryl methyl sites for hydroxylation is 3. The molecule has 0 aliphatic carbocycles. The lowest BCUT2D eigenvalue weighted by atomic mass is 10.1. The summed E-state index contributed by atoms with van der Waals surface area (Å²) in [5.41, 5.74) is 4.73. The van der Waals surface area contributed by atoms with Crippen molar-refractivity contribution in [3.05, 3.63) is 87.2 Å². The van der Waals surface area contributed by atoms with Crippen LogP contribution in [0.5, 0.6) is 0 Å². The topological polar surface area (TPSA) is 88.6 Å². The molecule has 0 saturated heterocycles. The van der Waals surface area contributed by atoms with Gasteiger partial charge in [-0.15, -0.1) is 0 Å². The number of nitrogens with one attached hydrogen (secondary N) is 1. The van der Waals surface area contributed by atoms with Gasteiger partial charge in [0.1, 0.15) is 17.9 Å². The Kier molecular flexibility index (Phi) is 5.63. The standard InChI is InChI=1S/C24H23FN4O3/c1-14-10-15(2)21(16(3)11-14)26-20(31)12-28-8-9-29-23(24(28)32)19(13-30)22(27-29)17-4-6-18(25)7-5-17/h4-11,30H,12-13H2,1-3H3,(H,26,31). The van der Waals surface area contributed by atoms with Gasteiger partial charge in [0.2, 0.25) is 5.91 Å². The van der Waals surface area contributed by atoms with Crippen LogP contribution in [0, 0.1) is 26.6 Å². The molecule has 2 N–H and O–H groups in total. The molecule has 0 unspecified atom stereocenters. The van der Waals surface area contributed by atoms with E-state index >= 15 is 0 Å². The van der Waals surface area contributed by atoms with Crippen LogP contribution < -0.4 is 10.9 Å². The molecule has 2 heterocycles. The maximum Gasteiger partial charge on any atom is 0.277 e. The van der Waals surface area contributed by atoms with Gasteiger partial charge in [-0.05, 0) is 56.2 Å². The molecule has 4 aromatic rings. The van der Waals surface area contributed by atoms with Crippen LogP contribution in [0.15, 0.2) is 53.6 Å². The van der Waals surface area contributed by atoms with Gasteiger partial charge in [0, 0.05) is 29.2 Å². The van der Waals surface area contributed by atoms with Crippen LogP contribution in [-0.2, 0) is 17.9 Å². The molecule has 0 aliphatic heterocycles. The van der Waals surface area contributed by atoms with Crippen LogP contribution in [0.3, 0.4) is 0 Å². The largest absolute Gasteiger partial charge is 0.392 e. The van der Waals surface area contributed by atoms with E-state index < -0.39 is 18.0 Å². The summed E-state index contributed by atoms with van der Waals surface area (Å²) >= 11 is 0. The molecule has 7 nitrogen and oxygen atoms in total. The quantitative estimate of drug-likeness (QED) is 0.504. The van der Waals surface area contributed by atoms with Crippen molar-refractivity contribution in [3.8, 4) is 11.3 Å². The molecule has 2 aromatic carbocycles. The molecule has 0 atom stereocenters. The Labute approximate surface area is 183 Å². The molecule has 0 radical (unpaired) electrons. The number of aliphatic hydroxyl groups excluding tert-OH is 1. The summed E-state index contributed by atoms with van der Waals surface area (Å²) in [4.78, 5) is 25.8.